The molecule has 0 saturated heterocycles. The number of para-hydroxylation sites is 3. The van der Waals surface area contributed by atoms with Crippen LogP contribution in [0.15, 0.2) is 67.0 Å². The lowest BCUT2D eigenvalue weighted by atomic mass is 10.1. The maximum Gasteiger partial charge on any atom is 0.409 e. The van der Waals surface area contributed by atoms with Crippen molar-refractivity contribution < 1.29 is 22.8 Å². The molecule has 10 heteroatoms. The van der Waals surface area contributed by atoms with Crippen molar-refractivity contribution in [2.45, 2.75) is 25.2 Å². The summed E-state index contributed by atoms with van der Waals surface area (Å²) in [4.78, 5) is 27.5. The molecule has 0 fully saturated rings. The normalized spacial score (nSPS) is 16.3. The standard InChI is InChI=1S/C23H22F3N5O2/c1-29(13-16-12-27-30(14-16)17-7-3-2-4-8-17)15-22(33)31-19-10-6-5-9-18(19)28-21(32)11-20(31)23(24,25)26/h2-10,12,14,20H,11,13,15H2,1H3,(H,28,32)/t20-/m1/s1. The molecule has 2 heterocycles. The fourth-order valence-corrected chi connectivity index (χ4v) is 3.83. The van der Waals surface area contributed by atoms with E-state index in [4.69, 9.17) is 0 Å². The molecular weight excluding hydrogens is 435 g/mol. The largest absolute Gasteiger partial charge is 0.409 e. The number of benzene rings is 2. The van der Waals surface area contributed by atoms with Gasteiger partial charge in [-0.25, -0.2) is 4.68 Å². The number of alkyl halides is 3. The highest BCUT2D eigenvalue weighted by atomic mass is 19.4. The van der Waals surface area contributed by atoms with E-state index in [2.05, 4.69) is 10.4 Å². The van der Waals surface area contributed by atoms with Crippen LogP contribution in [-0.2, 0) is 16.1 Å². The number of rotatable bonds is 5. The Morgan fingerprint density at radius 2 is 1.85 bits per heavy atom. The second-order valence-corrected chi connectivity index (χ2v) is 7.89. The summed E-state index contributed by atoms with van der Waals surface area (Å²) in [5, 5.41) is 6.77. The van der Waals surface area contributed by atoms with Gasteiger partial charge in [0.05, 0.1) is 36.2 Å². The van der Waals surface area contributed by atoms with Gasteiger partial charge in [0, 0.05) is 18.3 Å². The number of nitrogens with one attached hydrogen (secondary N) is 1. The van der Waals surface area contributed by atoms with Crippen LogP contribution in [-0.4, -0.2) is 52.3 Å². The summed E-state index contributed by atoms with van der Waals surface area (Å²) in [7, 11) is 1.65. The molecule has 1 aliphatic rings. The van der Waals surface area contributed by atoms with Crippen molar-refractivity contribution in [1.29, 1.82) is 0 Å². The third kappa shape index (κ3) is 5.06. The Morgan fingerprint density at radius 1 is 1.15 bits per heavy atom. The molecule has 1 aromatic heterocycles. The first-order valence-electron chi connectivity index (χ1n) is 10.3. The second kappa shape index (κ2) is 9.07. The smallest absolute Gasteiger partial charge is 0.324 e. The Labute approximate surface area is 188 Å². The maximum absolute atomic E-state index is 13.8. The van der Waals surface area contributed by atoms with Crippen molar-refractivity contribution in [1.82, 2.24) is 14.7 Å². The van der Waals surface area contributed by atoms with Gasteiger partial charge in [-0.05, 0) is 31.3 Å². The molecule has 0 radical (unpaired) electrons. The first-order valence-corrected chi connectivity index (χ1v) is 10.3. The number of likely N-dealkylation sites (N-methyl/N-ethyl adjacent to an activating group) is 1. The minimum atomic E-state index is -4.76. The summed E-state index contributed by atoms with van der Waals surface area (Å²) in [5.74, 6) is -1.54. The number of hydrogen-bond acceptors (Lipinski definition) is 4. The van der Waals surface area contributed by atoms with Crippen molar-refractivity contribution in [2.75, 3.05) is 23.8 Å². The highest BCUT2D eigenvalue weighted by Gasteiger charge is 2.49. The van der Waals surface area contributed by atoms with E-state index in [-0.39, 0.29) is 17.9 Å². The van der Waals surface area contributed by atoms with Crippen LogP contribution in [0.25, 0.3) is 5.69 Å². The van der Waals surface area contributed by atoms with Crippen molar-refractivity contribution in [2.24, 2.45) is 0 Å². The minimum absolute atomic E-state index is 0.0287. The molecule has 0 aliphatic carbocycles. The Kier molecular flexibility index (Phi) is 6.19. The second-order valence-electron chi connectivity index (χ2n) is 7.89. The van der Waals surface area contributed by atoms with Gasteiger partial charge in [0.2, 0.25) is 11.8 Å². The monoisotopic (exact) mass is 457 g/mol. The van der Waals surface area contributed by atoms with Gasteiger partial charge in [-0.3, -0.25) is 19.4 Å². The maximum atomic E-state index is 13.8. The highest BCUT2D eigenvalue weighted by molar-refractivity contribution is 6.05. The lowest BCUT2D eigenvalue weighted by Gasteiger charge is -2.32. The van der Waals surface area contributed by atoms with Gasteiger partial charge in [0.25, 0.3) is 0 Å². The number of fused-ring (bicyclic) bond motifs is 1. The number of halogens is 3. The van der Waals surface area contributed by atoms with E-state index in [1.807, 2.05) is 30.3 Å². The fourth-order valence-electron chi connectivity index (χ4n) is 3.83. The first-order chi connectivity index (χ1) is 15.7. The lowest BCUT2D eigenvalue weighted by molar-refractivity contribution is -0.158. The van der Waals surface area contributed by atoms with Crippen LogP contribution in [0.1, 0.15) is 12.0 Å². The molecule has 1 aliphatic heterocycles. The van der Waals surface area contributed by atoms with Crippen molar-refractivity contribution in [3.63, 3.8) is 0 Å². The number of anilines is 2. The predicted molar refractivity (Wildman–Crippen MR) is 117 cm³/mol. The summed E-state index contributed by atoms with van der Waals surface area (Å²) in [6.45, 7) is 0.0353. The Hall–Kier alpha value is -3.66. The van der Waals surface area contributed by atoms with Gasteiger partial charge >= 0.3 is 6.18 Å². The van der Waals surface area contributed by atoms with E-state index in [1.165, 1.54) is 18.2 Å². The molecule has 0 saturated carbocycles. The molecule has 1 N–H and O–H groups in total. The predicted octanol–water partition coefficient (Wildman–Crippen LogP) is 3.61. The number of hydrogen-bond donors (Lipinski definition) is 1. The van der Waals surface area contributed by atoms with Gasteiger partial charge in [-0.1, -0.05) is 30.3 Å². The molecule has 33 heavy (non-hydrogen) atoms. The van der Waals surface area contributed by atoms with Gasteiger partial charge < -0.3 is 5.32 Å². The SMILES string of the molecule is CN(CC(=O)N1c2ccccc2NC(=O)C[C@@H]1C(F)(F)F)Cc1cnn(-c2ccccc2)c1. The topological polar surface area (TPSA) is 70.5 Å². The van der Waals surface area contributed by atoms with Crippen LogP contribution >= 0.6 is 0 Å². The Balaban J connectivity index is 1.53. The summed E-state index contributed by atoms with van der Waals surface area (Å²) >= 11 is 0. The van der Waals surface area contributed by atoms with Gasteiger partial charge in [0.15, 0.2) is 0 Å². The number of carbonyl (C=O) groups is 2. The first kappa shape index (κ1) is 22.5. The van der Waals surface area contributed by atoms with Crippen molar-refractivity contribution >= 4 is 23.2 Å². The van der Waals surface area contributed by atoms with E-state index in [0.29, 0.717) is 11.4 Å². The fraction of sp³-hybridized carbons (Fsp3) is 0.261. The molecular formula is C23H22F3N5O2. The Bertz CT molecular complexity index is 1150. The van der Waals surface area contributed by atoms with Crippen LogP contribution < -0.4 is 10.2 Å². The average Bonchev–Trinajstić information content (AvgIpc) is 3.15. The third-order valence-electron chi connectivity index (χ3n) is 5.29. The third-order valence-corrected chi connectivity index (χ3v) is 5.29. The van der Waals surface area contributed by atoms with Crippen LogP contribution in [0.2, 0.25) is 0 Å². The molecule has 2 amide bonds. The van der Waals surface area contributed by atoms with Crippen LogP contribution in [0, 0.1) is 0 Å². The van der Waals surface area contributed by atoms with E-state index in [1.54, 1.807) is 35.1 Å². The zero-order valence-electron chi connectivity index (χ0n) is 17.8. The molecule has 4 rings (SSSR count). The van der Waals surface area contributed by atoms with Crippen molar-refractivity contribution in [3.8, 4) is 5.69 Å². The summed E-state index contributed by atoms with van der Waals surface area (Å²) < 4.78 is 43.2. The minimum Gasteiger partial charge on any atom is -0.324 e. The van der Waals surface area contributed by atoms with E-state index in [0.717, 1.165) is 11.3 Å². The molecule has 0 spiro atoms. The molecule has 0 bridgehead atoms. The zero-order chi connectivity index (χ0) is 23.6. The Morgan fingerprint density at radius 3 is 2.58 bits per heavy atom. The quantitative estimate of drug-likeness (QED) is 0.636. The summed E-state index contributed by atoms with van der Waals surface area (Å²) in [6.07, 6.45) is -2.17. The van der Waals surface area contributed by atoms with E-state index < -0.39 is 30.5 Å². The van der Waals surface area contributed by atoms with Crippen molar-refractivity contribution in [3.05, 3.63) is 72.6 Å². The van der Waals surface area contributed by atoms with E-state index in [9.17, 15) is 22.8 Å². The molecule has 172 valence electrons. The van der Waals surface area contributed by atoms with Crippen LogP contribution in [0.4, 0.5) is 24.5 Å². The lowest BCUT2D eigenvalue weighted by Crippen LogP contribution is -2.52. The number of nitrogens with zero attached hydrogens (tertiary/aromatic N) is 4. The van der Waals surface area contributed by atoms with Crippen LogP contribution in [0.3, 0.4) is 0 Å². The number of carbonyl (C=O) groups excluding carboxylic acids is 2. The average molecular weight is 457 g/mol. The van der Waals surface area contributed by atoms with Gasteiger partial charge in [-0.2, -0.15) is 18.3 Å². The zero-order valence-corrected chi connectivity index (χ0v) is 17.8. The number of amides is 2. The van der Waals surface area contributed by atoms with Crippen LogP contribution in [0.5, 0.6) is 0 Å². The molecule has 7 nitrogen and oxygen atoms in total. The van der Waals surface area contributed by atoms with Gasteiger partial charge in [0.1, 0.15) is 6.04 Å². The number of aromatic nitrogens is 2. The molecule has 0 unspecified atom stereocenters. The highest BCUT2D eigenvalue weighted by Crippen LogP contribution is 2.37. The summed E-state index contributed by atoms with van der Waals surface area (Å²) in [6, 6.07) is 13.2. The van der Waals surface area contributed by atoms with E-state index >= 15 is 0 Å². The summed E-state index contributed by atoms with van der Waals surface area (Å²) in [5.41, 5.74) is 1.87. The molecule has 3 aromatic rings. The molecule has 1 atom stereocenters. The van der Waals surface area contributed by atoms with Gasteiger partial charge in [-0.15, -0.1) is 0 Å². The molecule has 2 aromatic carbocycles.